The molecule has 0 aliphatic heterocycles. The molecule has 0 aliphatic rings. The van der Waals surface area contributed by atoms with Crippen LogP contribution in [0.4, 0.5) is 5.69 Å². The fourth-order valence-corrected chi connectivity index (χ4v) is 1.33. The van der Waals surface area contributed by atoms with Gasteiger partial charge in [-0.15, -0.1) is 0 Å². The van der Waals surface area contributed by atoms with E-state index in [2.05, 4.69) is 5.10 Å². The summed E-state index contributed by atoms with van der Waals surface area (Å²) in [6, 6.07) is 5.89. The molecule has 2 rings (SSSR count). The smallest absolute Gasteiger partial charge is 0.335 e. The molecule has 1 aromatic heterocycles. The summed E-state index contributed by atoms with van der Waals surface area (Å²) in [5.74, 6) is -1.01. The van der Waals surface area contributed by atoms with Crippen LogP contribution in [-0.4, -0.2) is 20.9 Å². The standard InChI is InChI=1S/C10H9N3O3/c11-8-5-12-13(9(8)14)7-3-1-6(2-4-7)10(15)16/h1-5,12H,11H2,(H,15,16). The number of nitrogen functional groups attached to an aromatic ring is 1. The number of nitrogens with one attached hydrogen (secondary N) is 1. The van der Waals surface area contributed by atoms with Crippen molar-refractivity contribution in [2.75, 3.05) is 5.73 Å². The Morgan fingerprint density at radius 3 is 2.38 bits per heavy atom. The Kier molecular flexibility index (Phi) is 2.24. The fraction of sp³-hybridized carbons (Fsp3) is 0. The van der Waals surface area contributed by atoms with Crippen molar-refractivity contribution in [3.8, 4) is 5.69 Å². The SMILES string of the molecule is Nc1c[nH]n(-c2ccc(C(=O)O)cc2)c1=O. The van der Waals surface area contributed by atoms with Gasteiger partial charge in [0.1, 0.15) is 5.69 Å². The van der Waals surface area contributed by atoms with E-state index in [4.69, 9.17) is 10.8 Å². The van der Waals surface area contributed by atoms with Gasteiger partial charge in [0.05, 0.1) is 11.3 Å². The van der Waals surface area contributed by atoms with Crippen molar-refractivity contribution in [2.45, 2.75) is 0 Å². The van der Waals surface area contributed by atoms with Crippen LogP contribution in [-0.2, 0) is 0 Å². The van der Waals surface area contributed by atoms with Gasteiger partial charge in [-0.05, 0) is 24.3 Å². The highest BCUT2D eigenvalue weighted by molar-refractivity contribution is 5.87. The van der Waals surface area contributed by atoms with Gasteiger partial charge in [0, 0.05) is 6.20 Å². The Labute approximate surface area is 89.9 Å². The Morgan fingerprint density at radius 1 is 1.31 bits per heavy atom. The van der Waals surface area contributed by atoms with E-state index in [0.29, 0.717) is 5.69 Å². The third-order valence-electron chi connectivity index (χ3n) is 2.17. The summed E-state index contributed by atoms with van der Waals surface area (Å²) in [4.78, 5) is 22.1. The van der Waals surface area contributed by atoms with Crippen molar-refractivity contribution in [2.24, 2.45) is 0 Å². The average Bonchev–Trinajstić information content (AvgIpc) is 2.60. The molecule has 6 heteroatoms. The number of nitrogens with zero attached hydrogens (tertiary/aromatic N) is 1. The second-order valence-electron chi connectivity index (χ2n) is 3.22. The predicted molar refractivity (Wildman–Crippen MR) is 57.8 cm³/mol. The first kappa shape index (κ1) is 10.0. The molecule has 0 aliphatic carbocycles. The minimum atomic E-state index is -1.01. The molecule has 6 nitrogen and oxygen atoms in total. The summed E-state index contributed by atoms with van der Waals surface area (Å²) in [5.41, 5.74) is 5.85. The molecule has 0 bridgehead atoms. The van der Waals surface area contributed by atoms with Gasteiger partial charge in [0.15, 0.2) is 0 Å². The van der Waals surface area contributed by atoms with Gasteiger partial charge in [-0.25, -0.2) is 9.48 Å². The number of hydrogen-bond donors (Lipinski definition) is 3. The zero-order chi connectivity index (χ0) is 11.7. The summed E-state index contributed by atoms with van der Waals surface area (Å²) in [5, 5.41) is 11.4. The van der Waals surface area contributed by atoms with Gasteiger partial charge in [-0.2, -0.15) is 0 Å². The number of nitrogens with two attached hydrogens (primary N) is 1. The molecule has 0 saturated carbocycles. The van der Waals surface area contributed by atoms with Crippen LogP contribution in [0.5, 0.6) is 0 Å². The lowest BCUT2D eigenvalue weighted by molar-refractivity contribution is 0.0697. The van der Waals surface area contributed by atoms with Gasteiger partial charge in [0.25, 0.3) is 5.56 Å². The maximum Gasteiger partial charge on any atom is 0.335 e. The molecule has 82 valence electrons. The van der Waals surface area contributed by atoms with Gasteiger partial charge < -0.3 is 10.8 Å². The lowest BCUT2D eigenvalue weighted by Crippen LogP contribution is -2.16. The molecule has 0 fully saturated rings. The van der Waals surface area contributed by atoms with Crippen molar-refractivity contribution in [1.29, 1.82) is 0 Å². The third kappa shape index (κ3) is 1.56. The first-order valence-corrected chi connectivity index (χ1v) is 4.49. The fourth-order valence-electron chi connectivity index (χ4n) is 1.33. The summed E-state index contributed by atoms with van der Waals surface area (Å²) in [6.07, 6.45) is 1.38. The highest BCUT2D eigenvalue weighted by Gasteiger charge is 2.06. The van der Waals surface area contributed by atoms with Gasteiger partial charge in [-0.1, -0.05) is 0 Å². The lowest BCUT2D eigenvalue weighted by atomic mass is 10.2. The number of rotatable bonds is 2. The molecule has 0 saturated heterocycles. The number of carboxylic acid groups (broad SMARTS) is 1. The van der Waals surface area contributed by atoms with Crippen LogP contribution in [0.15, 0.2) is 35.3 Å². The van der Waals surface area contributed by atoms with Gasteiger partial charge in [-0.3, -0.25) is 9.89 Å². The topological polar surface area (TPSA) is 101 Å². The van der Waals surface area contributed by atoms with Crippen molar-refractivity contribution in [3.05, 3.63) is 46.4 Å². The van der Waals surface area contributed by atoms with E-state index in [9.17, 15) is 9.59 Å². The molecule has 1 heterocycles. The maximum absolute atomic E-state index is 11.5. The Balaban J connectivity index is 2.46. The van der Waals surface area contributed by atoms with E-state index in [-0.39, 0.29) is 16.8 Å². The third-order valence-corrected chi connectivity index (χ3v) is 2.17. The number of benzene rings is 1. The van der Waals surface area contributed by atoms with E-state index in [1.54, 1.807) is 0 Å². The number of anilines is 1. The second-order valence-corrected chi connectivity index (χ2v) is 3.22. The van der Waals surface area contributed by atoms with E-state index in [1.807, 2.05) is 0 Å². The number of H-pyrrole nitrogens is 1. The molecule has 0 spiro atoms. The van der Waals surface area contributed by atoms with Crippen molar-refractivity contribution in [1.82, 2.24) is 9.78 Å². The number of carbonyl (C=O) groups is 1. The number of hydrogen-bond acceptors (Lipinski definition) is 3. The Bertz CT molecular complexity index is 580. The molecule has 2 aromatic rings. The van der Waals surface area contributed by atoms with Gasteiger partial charge in [0.2, 0.25) is 0 Å². The van der Waals surface area contributed by atoms with Crippen LogP contribution in [0.3, 0.4) is 0 Å². The Morgan fingerprint density at radius 2 is 1.94 bits per heavy atom. The highest BCUT2D eigenvalue weighted by atomic mass is 16.4. The normalized spacial score (nSPS) is 10.2. The number of carboxylic acids is 1. The maximum atomic E-state index is 11.5. The van der Waals surface area contributed by atoms with Crippen LogP contribution in [0.2, 0.25) is 0 Å². The largest absolute Gasteiger partial charge is 0.478 e. The number of aromatic amines is 1. The monoisotopic (exact) mass is 219 g/mol. The van der Waals surface area contributed by atoms with Crippen molar-refractivity contribution < 1.29 is 9.90 Å². The first-order chi connectivity index (χ1) is 7.59. The molecule has 0 unspecified atom stereocenters. The average molecular weight is 219 g/mol. The number of aromatic nitrogens is 2. The zero-order valence-electron chi connectivity index (χ0n) is 8.18. The highest BCUT2D eigenvalue weighted by Crippen LogP contribution is 2.07. The molecule has 4 N–H and O–H groups in total. The molecule has 0 atom stereocenters. The minimum Gasteiger partial charge on any atom is -0.478 e. The second kappa shape index (κ2) is 3.58. The molecule has 16 heavy (non-hydrogen) atoms. The van der Waals surface area contributed by atoms with Crippen LogP contribution in [0.25, 0.3) is 5.69 Å². The first-order valence-electron chi connectivity index (χ1n) is 4.49. The summed E-state index contributed by atoms with van der Waals surface area (Å²) >= 11 is 0. The molecule has 0 radical (unpaired) electrons. The number of aromatic carboxylic acids is 1. The van der Waals surface area contributed by atoms with Crippen molar-refractivity contribution >= 4 is 11.7 Å². The summed E-state index contributed by atoms with van der Waals surface area (Å²) < 4.78 is 1.24. The lowest BCUT2D eigenvalue weighted by Gasteiger charge is -2.01. The van der Waals surface area contributed by atoms with Crippen molar-refractivity contribution in [3.63, 3.8) is 0 Å². The molecular formula is C10H9N3O3. The van der Waals surface area contributed by atoms with Crippen LogP contribution >= 0.6 is 0 Å². The Hall–Kier alpha value is -2.50. The van der Waals surface area contributed by atoms with Crippen LogP contribution < -0.4 is 11.3 Å². The quantitative estimate of drug-likeness (QED) is 0.682. The molecule has 1 aromatic carbocycles. The van der Waals surface area contributed by atoms with Gasteiger partial charge >= 0.3 is 5.97 Å². The van der Waals surface area contributed by atoms with E-state index in [1.165, 1.54) is 35.1 Å². The van der Waals surface area contributed by atoms with E-state index < -0.39 is 5.97 Å². The van der Waals surface area contributed by atoms with E-state index >= 15 is 0 Å². The summed E-state index contributed by atoms with van der Waals surface area (Å²) in [7, 11) is 0. The summed E-state index contributed by atoms with van der Waals surface area (Å²) in [6.45, 7) is 0. The molecular weight excluding hydrogens is 210 g/mol. The predicted octanol–water partition coefficient (Wildman–Crippen LogP) is 0.446. The zero-order valence-corrected chi connectivity index (χ0v) is 8.18. The van der Waals surface area contributed by atoms with Crippen LogP contribution in [0, 0.1) is 0 Å². The van der Waals surface area contributed by atoms with E-state index in [0.717, 1.165) is 0 Å². The molecule has 0 amide bonds. The van der Waals surface area contributed by atoms with Crippen LogP contribution in [0.1, 0.15) is 10.4 Å². The minimum absolute atomic E-state index is 0.113.